The molecule has 1 aliphatic heterocycles. The largest absolute Gasteiger partial charge is 0.478 e. The number of nitrogens with zero attached hydrogens (tertiary/aromatic N) is 3. The van der Waals surface area contributed by atoms with Gasteiger partial charge in [0.25, 0.3) is 0 Å². The first-order chi connectivity index (χ1) is 9.24. The average molecular weight is 264 g/mol. The molecule has 2 heterocycles. The fraction of sp³-hybridized carbons (Fsp3) is 0.714. The number of hydrogen-bond donors (Lipinski definition) is 1. The van der Waals surface area contributed by atoms with E-state index < -0.39 is 0 Å². The van der Waals surface area contributed by atoms with Crippen LogP contribution in [-0.4, -0.2) is 42.3 Å². The zero-order valence-electron chi connectivity index (χ0n) is 12.1. The minimum absolute atomic E-state index is 0.497. The van der Waals surface area contributed by atoms with E-state index in [4.69, 9.17) is 4.74 Å². The van der Waals surface area contributed by atoms with Gasteiger partial charge in [-0.05, 0) is 33.2 Å². The quantitative estimate of drug-likeness (QED) is 0.848. The Morgan fingerprint density at radius 3 is 2.89 bits per heavy atom. The molecule has 1 fully saturated rings. The van der Waals surface area contributed by atoms with E-state index in [2.05, 4.69) is 27.1 Å². The Bertz CT molecular complexity index is 404. The molecule has 0 radical (unpaired) electrons. The van der Waals surface area contributed by atoms with Crippen molar-refractivity contribution in [3.8, 4) is 5.88 Å². The summed E-state index contributed by atoms with van der Waals surface area (Å²) in [6.45, 7) is 9.87. The van der Waals surface area contributed by atoms with Crippen molar-refractivity contribution in [2.24, 2.45) is 0 Å². The van der Waals surface area contributed by atoms with Crippen molar-refractivity contribution in [2.45, 2.75) is 39.7 Å². The highest BCUT2D eigenvalue weighted by atomic mass is 16.5. The molecule has 1 saturated heterocycles. The molecule has 0 spiro atoms. The second-order valence-electron chi connectivity index (χ2n) is 4.92. The maximum Gasteiger partial charge on any atom is 0.229 e. The van der Waals surface area contributed by atoms with Gasteiger partial charge >= 0.3 is 0 Å². The topological polar surface area (TPSA) is 50.3 Å². The summed E-state index contributed by atoms with van der Waals surface area (Å²) in [5, 5.41) is 3.41. The number of aromatic nitrogens is 2. The fourth-order valence-electron chi connectivity index (χ4n) is 2.47. The number of hydrogen-bond acceptors (Lipinski definition) is 5. The number of ether oxygens (including phenoxy) is 1. The van der Waals surface area contributed by atoms with E-state index >= 15 is 0 Å². The van der Waals surface area contributed by atoms with Crippen LogP contribution in [0.5, 0.6) is 5.88 Å². The van der Waals surface area contributed by atoms with Crippen LogP contribution in [-0.2, 0) is 0 Å². The molecule has 0 aromatic carbocycles. The van der Waals surface area contributed by atoms with Gasteiger partial charge < -0.3 is 15.0 Å². The van der Waals surface area contributed by atoms with Gasteiger partial charge in [-0.1, -0.05) is 6.92 Å². The minimum atomic E-state index is 0.497. The van der Waals surface area contributed by atoms with Gasteiger partial charge in [0.2, 0.25) is 11.8 Å². The first-order valence-electron chi connectivity index (χ1n) is 7.20. The van der Waals surface area contributed by atoms with Crippen LogP contribution in [0.2, 0.25) is 0 Å². The lowest BCUT2D eigenvalue weighted by molar-refractivity contribution is 0.325. The maximum absolute atomic E-state index is 5.52. The smallest absolute Gasteiger partial charge is 0.229 e. The molecule has 0 amide bonds. The van der Waals surface area contributed by atoms with E-state index in [-0.39, 0.29) is 0 Å². The molecule has 5 nitrogen and oxygen atoms in total. The first kappa shape index (κ1) is 14.1. The summed E-state index contributed by atoms with van der Waals surface area (Å²) in [5.74, 6) is 1.48. The molecular weight excluding hydrogens is 240 g/mol. The van der Waals surface area contributed by atoms with Gasteiger partial charge in [-0.25, -0.2) is 4.98 Å². The van der Waals surface area contributed by atoms with Gasteiger partial charge in [0.05, 0.1) is 6.61 Å². The number of aryl methyl sites for hydroxylation is 1. The third-order valence-electron chi connectivity index (χ3n) is 3.31. The van der Waals surface area contributed by atoms with Gasteiger partial charge in [0.1, 0.15) is 0 Å². The summed E-state index contributed by atoms with van der Waals surface area (Å²) in [4.78, 5) is 11.5. The van der Waals surface area contributed by atoms with Gasteiger partial charge in [-0.15, -0.1) is 0 Å². The zero-order valence-corrected chi connectivity index (χ0v) is 12.1. The molecule has 1 aromatic rings. The number of nitrogens with one attached hydrogen (secondary N) is 1. The molecule has 0 saturated carbocycles. The highest BCUT2D eigenvalue weighted by Gasteiger charge is 2.24. The Labute approximate surface area is 115 Å². The van der Waals surface area contributed by atoms with Gasteiger partial charge in [0.15, 0.2) is 0 Å². The van der Waals surface area contributed by atoms with Crippen LogP contribution in [0.3, 0.4) is 0 Å². The summed E-state index contributed by atoms with van der Waals surface area (Å²) in [6.07, 6.45) is 2.25. The van der Waals surface area contributed by atoms with E-state index in [1.807, 2.05) is 19.9 Å². The molecule has 19 heavy (non-hydrogen) atoms. The molecule has 1 aromatic heterocycles. The van der Waals surface area contributed by atoms with Gasteiger partial charge in [-0.3, -0.25) is 0 Å². The molecular formula is C14H24N4O. The lowest BCUT2D eigenvalue weighted by Crippen LogP contribution is -2.38. The van der Waals surface area contributed by atoms with Crippen molar-refractivity contribution in [1.29, 1.82) is 0 Å². The maximum atomic E-state index is 5.52. The van der Waals surface area contributed by atoms with Crippen molar-refractivity contribution in [1.82, 2.24) is 15.3 Å². The monoisotopic (exact) mass is 264 g/mol. The van der Waals surface area contributed by atoms with Gasteiger partial charge in [-0.2, -0.15) is 4.98 Å². The highest BCUT2D eigenvalue weighted by Crippen LogP contribution is 2.20. The first-order valence-corrected chi connectivity index (χ1v) is 7.20. The summed E-state index contributed by atoms with van der Waals surface area (Å²) >= 11 is 0. The number of anilines is 1. The van der Waals surface area contributed by atoms with Crippen LogP contribution in [0.25, 0.3) is 0 Å². The van der Waals surface area contributed by atoms with Crippen molar-refractivity contribution in [3.63, 3.8) is 0 Å². The van der Waals surface area contributed by atoms with Gasteiger partial charge in [0, 0.05) is 30.9 Å². The lowest BCUT2D eigenvalue weighted by atomic mass is 10.2. The summed E-state index contributed by atoms with van der Waals surface area (Å²) in [7, 11) is 0. The number of rotatable bonds is 6. The van der Waals surface area contributed by atoms with Crippen LogP contribution >= 0.6 is 0 Å². The molecule has 106 valence electrons. The van der Waals surface area contributed by atoms with Crippen molar-refractivity contribution < 1.29 is 4.74 Å². The van der Waals surface area contributed by atoms with E-state index in [0.717, 1.165) is 44.1 Å². The Kier molecular flexibility index (Phi) is 4.96. The summed E-state index contributed by atoms with van der Waals surface area (Å²) < 4.78 is 5.52. The third-order valence-corrected chi connectivity index (χ3v) is 3.31. The molecule has 1 atom stereocenters. The normalized spacial score (nSPS) is 18.6. The average Bonchev–Trinajstić information content (AvgIpc) is 2.89. The van der Waals surface area contributed by atoms with Crippen LogP contribution in [0.15, 0.2) is 6.07 Å². The molecule has 0 bridgehead atoms. The Morgan fingerprint density at radius 1 is 1.42 bits per heavy atom. The van der Waals surface area contributed by atoms with E-state index in [1.54, 1.807) is 0 Å². The Hall–Kier alpha value is -1.36. The minimum Gasteiger partial charge on any atom is -0.478 e. The predicted molar refractivity (Wildman–Crippen MR) is 76.8 cm³/mol. The van der Waals surface area contributed by atoms with E-state index in [9.17, 15) is 0 Å². The Balaban J connectivity index is 2.24. The molecule has 1 unspecified atom stereocenters. The highest BCUT2D eigenvalue weighted by molar-refractivity contribution is 5.36. The van der Waals surface area contributed by atoms with E-state index in [0.29, 0.717) is 18.5 Å². The second-order valence-corrected chi connectivity index (χ2v) is 4.92. The second kappa shape index (κ2) is 6.70. The van der Waals surface area contributed by atoms with Crippen LogP contribution in [0.4, 0.5) is 5.95 Å². The molecule has 2 rings (SSSR count). The SMILES string of the molecule is CCCN(c1nc(C)cc(OCC)n1)C1CCNC1. The Morgan fingerprint density at radius 2 is 2.26 bits per heavy atom. The van der Waals surface area contributed by atoms with Crippen LogP contribution in [0, 0.1) is 6.92 Å². The fourth-order valence-corrected chi connectivity index (χ4v) is 2.47. The standard InChI is InChI=1S/C14H24N4O/c1-4-8-18(12-6-7-15-10-12)14-16-11(3)9-13(17-14)19-5-2/h9,12,15H,4-8,10H2,1-3H3. The summed E-state index contributed by atoms with van der Waals surface area (Å²) in [6, 6.07) is 2.39. The predicted octanol–water partition coefficient (Wildman–Crippen LogP) is 1.76. The van der Waals surface area contributed by atoms with Crippen LogP contribution < -0.4 is 15.0 Å². The molecule has 5 heteroatoms. The third kappa shape index (κ3) is 3.56. The molecule has 1 N–H and O–H groups in total. The van der Waals surface area contributed by atoms with E-state index in [1.165, 1.54) is 0 Å². The lowest BCUT2D eigenvalue weighted by Gasteiger charge is -2.28. The van der Waals surface area contributed by atoms with Crippen molar-refractivity contribution in [2.75, 3.05) is 31.1 Å². The molecule has 1 aliphatic rings. The van der Waals surface area contributed by atoms with Crippen LogP contribution in [0.1, 0.15) is 32.4 Å². The van der Waals surface area contributed by atoms with Crippen molar-refractivity contribution in [3.05, 3.63) is 11.8 Å². The summed E-state index contributed by atoms with van der Waals surface area (Å²) in [5.41, 5.74) is 0.959. The van der Waals surface area contributed by atoms with Crippen molar-refractivity contribution >= 4 is 5.95 Å². The zero-order chi connectivity index (χ0) is 13.7. The molecule has 0 aliphatic carbocycles.